The Kier molecular flexibility index (Phi) is 4.74. The summed E-state index contributed by atoms with van der Waals surface area (Å²) in [5.41, 5.74) is 0.856. The van der Waals surface area contributed by atoms with Crippen molar-refractivity contribution in [2.45, 2.75) is 6.54 Å². The lowest BCUT2D eigenvalue weighted by Crippen LogP contribution is -2.46. The van der Waals surface area contributed by atoms with Gasteiger partial charge in [0.2, 0.25) is 17.7 Å². The lowest BCUT2D eigenvalue weighted by atomic mass is 10.2. The van der Waals surface area contributed by atoms with Gasteiger partial charge in [-0.2, -0.15) is 0 Å². The van der Waals surface area contributed by atoms with Gasteiger partial charge in [0.25, 0.3) is 0 Å². The van der Waals surface area contributed by atoms with E-state index in [2.05, 4.69) is 30.0 Å². The molecule has 0 radical (unpaired) electrons. The van der Waals surface area contributed by atoms with Gasteiger partial charge in [-0.05, 0) is 24.3 Å². The van der Waals surface area contributed by atoms with E-state index in [1.165, 1.54) is 0 Å². The van der Waals surface area contributed by atoms with Crippen LogP contribution in [0.1, 0.15) is 5.89 Å². The van der Waals surface area contributed by atoms with Crippen LogP contribution in [0.4, 0.5) is 5.95 Å². The number of anilines is 1. The molecular formula is C18H20N6O2. The minimum absolute atomic E-state index is 0.509. The highest BCUT2D eigenvalue weighted by Gasteiger charge is 2.20. The van der Waals surface area contributed by atoms with Gasteiger partial charge >= 0.3 is 0 Å². The zero-order valence-corrected chi connectivity index (χ0v) is 14.6. The Balaban J connectivity index is 1.36. The van der Waals surface area contributed by atoms with Crippen LogP contribution in [-0.2, 0) is 6.54 Å². The van der Waals surface area contributed by atoms with E-state index in [-0.39, 0.29) is 0 Å². The second kappa shape index (κ2) is 7.49. The second-order valence-corrected chi connectivity index (χ2v) is 6.04. The standard InChI is InChI=1S/C18H20N6O2/c1-25-15-5-2-4-14(12-15)17-22-21-16(26-17)13-23-8-10-24(11-9-23)18-19-6-3-7-20-18/h2-7,12H,8-11,13H2,1H3. The summed E-state index contributed by atoms with van der Waals surface area (Å²) in [5, 5.41) is 8.34. The van der Waals surface area contributed by atoms with E-state index in [1.54, 1.807) is 19.5 Å². The maximum atomic E-state index is 5.83. The highest BCUT2D eigenvalue weighted by molar-refractivity contribution is 5.55. The minimum Gasteiger partial charge on any atom is -0.497 e. The molecule has 1 fully saturated rings. The first-order valence-electron chi connectivity index (χ1n) is 8.53. The van der Waals surface area contributed by atoms with Crippen molar-refractivity contribution in [3.63, 3.8) is 0 Å². The summed E-state index contributed by atoms with van der Waals surface area (Å²) in [6, 6.07) is 9.43. The number of piperazine rings is 1. The third kappa shape index (κ3) is 3.65. The van der Waals surface area contributed by atoms with E-state index in [4.69, 9.17) is 9.15 Å². The molecular weight excluding hydrogens is 332 g/mol. The fourth-order valence-electron chi connectivity index (χ4n) is 2.94. The predicted molar refractivity (Wildman–Crippen MR) is 95.8 cm³/mol. The Labute approximate surface area is 151 Å². The minimum atomic E-state index is 0.509. The first-order valence-corrected chi connectivity index (χ1v) is 8.53. The van der Waals surface area contributed by atoms with Crippen molar-refractivity contribution in [2.24, 2.45) is 0 Å². The van der Waals surface area contributed by atoms with Crippen LogP contribution >= 0.6 is 0 Å². The van der Waals surface area contributed by atoms with Crippen molar-refractivity contribution in [2.75, 3.05) is 38.2 Å². The normalized spacial score (nSPS) is 15.2. The van der Waals surface area contributed by atoms with Gasteiger partial charge in [-0.1, -0.05) is 6.07 Å². The number of rotatable bonds is 5. The Hall–Kier alpha value is -3.00. The fourth-order valence-corrected chi connectivity index (χ4v) is 2.94. The molecule has 0 bridgehead atoms. The molecule has 0 saturated carbocycles. The van der Waals surface area contributed by atoms with Crippen molar-refractivity contribution in [3.05, 3.63) is 48.6 Å². The van der Waals surface area contributed by atoms with E-state index in [0.717, 1.165) is 43.4 Å². The van der Waals surface area contributed by atoms with Crippen molar-refractivity contribution < 1.29 is 9.15 Å². The van der Waals surface area contributed by atoms with E-state index >= 15 is 0 Å². The molecule has 3 aromatic rings. The van der Waals surface area contributed by atoms with E-state index in [0.29, 0.717) is 18.3 Å². The van der Waals surface area contributed by atoms with Crippen LogP contribution in [0.25, 0.3) is 11.5 Å². The number of ether oxygens (including phenoxy) is 1. The van der Waals surface area contributed by atoms with Gasteiger partial charge in [0, 0.05) is 44.1 Å². The quantitative estimate of drug-likeness (QED) is 0.688. The highest BCUT2D eigenvalue weighted by Crippen LogP contribution is 2.23. The third-order valence-corrected chi connectivity index (χ3v) is 4.35. The predicted octanol–water partition coefficient (Wildman–Crippen LogP) is 1.86. The molecule has 0 N–H and O–H groups in total. The van der Waals surface area contributed by atoms with Crippen molar-refractivity contribution in [1.29, 1.82) is 0 Å². The maximum absolute atomic E-state index is 5.83. The number of hydrogen-bond acceptors (Lipinski definition) is 8. The van der Waals surface area contributed by atoms with Crippen LogP contribution in [0.5, 0.6) is 5.75 Å². The zero-order valence-electron chi connectivity index (χ0n) is 14.6. The Morgan fingerprint density at radius 1 is 1.04 bits per heavy atom. The molecule has 26 heavy (non-hydrogen) atoms. The second-order valence-electron chi connectivity index (χ2n) is 6.04. The lowest BCUT2D eigenvalue weighted by Gasteiger charge is -2.33. The molecule has 0 atom stereocenters. The summed E-state index contributed by atoms with van der Waals surface area (Å²) in [7, 11) is 1.64. The molecule has 0 unspecified atom stereocenters. The van der Waals surface area contributed by atoms with E-state index < -0.39 is 0 Å². The van der Waals surface area contributed by atoms with Crippen LogP contribution < -0.4 is 9.64 Å². The number of nitrogens with zero attached hydrogens (tertiary/aromatic N) is 6. The SMILES string of the molecule is COc1cccc(-c2nnc(CN3CCN(c4ncccn4)CC3)o2)c1. The topological polar surface area (TPSA) is 80.4 Å². The zero-order chi connectivity index (χ0) is 17.8. The van der Waals surface area contributed by atoms with Gasteiger partial charge in [-0.25, -0.2) is 9.97 Å². The fraction of sp³-hybridized carbons (Fsp3) is 0.333. The van der Waals surface area contributed by atoms with Gasteiger partial charge < -0.3 is 14.1 Å². The van der Waals surface area contributed by atoms with Gasteiger partial charge in [0.1, 0.15) is 5.75 Å². The summed E-state index contributed by atoms with van der Waals surface area (Å²) < 4.78 is 11.1. The molecule has 1 saturated heterocycles. The number of methoxy groups -OCH3 is 1. The maximum Gasteiger partial charge on any atom is 0.247 e. The number of aromatic nitrogens is 4. The number of benzene rings is 1. The van der Waals surface area contributed by atoms with Crippen molar-refractivity contribution >= 4 is 5.95 Å². The summed E-state index contributed by atoms with van der Waals surface area (Å²) in [6.45, 7) is 4.19. The van der Waals surface area contributed by atoms with E-state index in [9.17, 15) is 0 Å². The molecule has 2 aromatic heterocycles. The van der Waals surface area contributed by atoms with Crippen LogP contribution in [-0.4, -0.2) is 58.4 Å². The molecule has 0 amide bonds. The van der Waals surface area contributed by atoms with Crippen LogP contribution in [0.3, 0.4) is 0 Å². The van der Waals surface area contributed by atoms with Crippen LogP contribution in [0.2, 0.25) is 0 Å². The molecule has 1 aromatic carbocycles. The van der Waals surface area contributed by atoms with Gasteiger partial charge in [-0.15, -0.1) is 10.2 Å². The molecule has 8 nitrogen and oxygen atoms in total. The van der Waals surface area contributed by atoms with Gasteiger partial charge in [-0.3, -0.25) is 4.90 Å². The van der Waals surface area contributed by atoms with Gasteiger partial charge in [0.15, 0.2) is 0 Å². The molecule has 3 heterocycles. The Morgan fingerprint density at radius 3 is 2.62 bits per heavy atom. The van der Waals surface area contributed by atoms with Crippen molar-refractivity contribution in [3.8, 4) is 17.2 Å². The molecule has 0 spiro atoms. The summed E-state index contributed by atoms with van der Waals surface area (Å²) in [4.78, 5) is 13.1. The average molecular weight is 352 g/mol. The smallest absolute Gasteiger partial charge is 0.247 e. The Bertz CT molecular complexity index is 846. The van der Waals surface area contributed by atoms with Crippen LogP contribution in [0, 0.1) is 0 Å². The average Bonchev–Trinajstić information content (AvgIpc) is 3.18. The first-order chi connectivity index (χ1) is 12.8. The van der Waals surface area contributed by atoms with Crippen LogP contribution in [0.15, 0.2) is 47.1 Å². The third-order valence-electron chi connectivity index (χ3n) is 4.35. The summed E-state index contributed by atoms with van der Waals surface area (Å²) in [5.74, 6) is 2.68. The summed E-state index contributed by atoms with van der Waals surface area (Å²) >= 11 is 0. The summed E-state index contributed by atoms with van der Waals surface area (Å²) in [6.07, 6.45) is 3.54. The Morgan fingerprint density at radius 2 is 1.85 bits per heavy atom. The highest BCUT2D eigenvalue weighted by atomic mass is 16.5. The molecule has 134 valence electrons. The number of hydrogen-bond donors (Lipinski definition) is 0. The monoisotopic (exact) mass is 352 g/mol. The first kappa shape index (κ1) is 16.5. The molecule has 1 aliphatic rings. The van der Waals surface area contributed by atoms with E-state index in [1.807, 2.05) is 30.3 Å². The molecule has 1 aliphatic heterocycles. The molecule has 0 aliphatic carbocycles. The molecule has 4 rings (SSSR count). The largest absolute Gasteiger partial charge is 0.497 e. The lowest BCUT2D eigenvalue weighted by molar-refractivity contribution is 0.226. The molecule has 8 heteroatoms. The van der Waals surface area contributed by atoms with Gasteiger partial charge in [0.05, 0.1) is 13.7 Å². The van der Waals surface area contributed by atoms with Crippen molar-refractivity contribution in [1.82, 2.24) is 25.1 Å².